The zero-order valence-corrected chi connectivity index (χ0v) is 6.06. The lowest BCUT2D eigenvalue weighted by atomic mass is 9.89. The monoisotopic (exact) mass is 139 g/mol. The van der Waals surface area contributed by atoms with Crippen LogP contribution >= 0.6 is 0 Å². The average molecular weight is 139 g/mol. The molecular weight excluding hydrogens is 126 g/mol. The normalized spacial score (nSPS) is 33.2. The Balaban J connectivity index is 2.42. The van der Waals surface area contributed by atoms with E-state index in [0.29, 0.717) is 6.42 Å². The fraction of sp³-hybridized carbons (Fsp3) is 0.857. The highest BCUT2D eigenvalue weighted by Gasteiger charge is 2.26. The maximum absolute atomic E-state index is 8.43. The third kappa shape index (κ3) is 1.69. The second kappa shape index (κ2) is 3.00. The van der Waals surface area contributed by atoms with Crippen LogP contribution < -0.4 is 11.1 Å². The number of hydrogen-bond donors (Lipinski definition) is 2. The lowest BCUT2D eigenvalue weighted by Gasteiger charge is -2.31. The summed E-state index contributed by atoms with van der Waals surface area (Å²) in [7, 11) is 0. The maximum atomic E-state index is 8.43. The highest BCUT2D eigenvalue weighted by Crippen LogP contribution is 2.15. The molecule has 0 aromatic heterocycles. The van der Waals surface area contributed by atoms with E-state index >= 15 is 0 Å². The molecule has 1 atom stereocenters. The van der Waals surface area contributed by atoms with E-state index in [1.807, 2.05) is 0 Å². The quantitative estimate of drug-likeness (QED) is 0.536. The summed E-state index contributed by atoms with van der Waals surface area (Å²) < 4.78 is 0. The second-order valence-corrected chi connectivity index (χ2v) is 2.98. The van der Waals surface area contributed by atoms with Gasteiger partial charge in [0.15, 0.2) is 0 Å². The van der Waals surface area contributed by atoms with Gasteiger partial charge in [-0.1, -0.05) is 0 Å². The number of nitriles is 1. The number of hydrogen-bond acceptors (Lipinski definition) is 3. The van der Waals surface area contributed by atoms with Gasteiger partial charge in [-0.05, 0) is 19.4 Å². The van der Waals surface area contributed by atoms with Crippen LogP contribution in [0.5, 0.6) is 0 Å². The summed E-state index contributed by atoms with van der Waals surface area (Å²) in [5.74, 6) is 0. The second-order valence-electron chi connectivity index (χ2n) is 2.98. The lowest BCUT2D eigenvalue weighted by Crippen LogP contribution is -2.52. The third-order valence-electron chi connectivity index (χ3n) is 1.94. The summed E-state index contributed by atoms with van der Waals surface area (Å²) in [6, 6.07) is 2.11. The SMILES string of the molecule is N#CCC1(N)CCCNC1. The Morgan fingerprint density at radius 3 is 3.00 bits per heavy atom. The van der Waals surface area contributed by atoms with Gasteiger partial charge in [0.25, 0.3) is 0 Å². The minimum absolute atomic E-state index is 0.243. The summed E-state index contributed by atoms with van der Waals surface area (Å²) in [6.45, 7) is 1.84. The molecule has 1 aliphatic heterocycles. The van der Waals surface area contributed by atoms with Gasteiger partial charge in [-0.25, -0.2) is 0 Å². The summed E-state index contributed by atoms with van der Waals surface area (Å²) in [5, 5.41) is 11.6. The van der Waals surface area contributed by atoms with E-state index < -0.39 is 0 Å². The average Bonchev–Trinajstić information content (AvgIpc) is 1.89. The van der Waals surface area contributed by atoms with Crippen molar-refractivity contribution < 1.29 is 0 Å². The van der Waals surface area contributed by atoms with Crippen LogP contribution in [0, 0.1) is 11.3 Å². The van der Waals surface area contributed by atoms with Crippen LogP contribution in [0.25, 0.3) is 0 Å². The van der Waals surface area contributed by atoms with Crippen molar-refractivity contribution in [3.63, 3.8) is 0 Å². The molecule has 3 nitrogen and oxygen atoms in total. The minimum Gasteiger partial charge on any atom is -0.323 e. The van der Waals surface area contributed by atoms with Crippen molar-refractivity contribution in [3.8, 4) is 6.07 Å². The van der Waals surface area contributed by atoms with Crippen molar-refractivity contribution in [1.82, 2.24) is 5.32 Å². The largest absolute Gasteiger partial charge is 0.323 e. The standard InChI is InChI=1S/C7H13N3/c8-4-3-7(9)2-1-5-10-6-7/h10H,1-3,5-6,9H2. The molecule has 1 fully saturated rings. The molecule has 10 heavy (non-hydrogen) atoms. The topological polar surface area (TPSA) is 61.8 Å². The first-order chi connectivity index (χ1) is 4.77. The number of nitrogens with one attached hydrogen (secondary N) is 1. The molecule has 3 heteroatoms. The van der Waals surface area contributed by atoms with Crippen molar-refractivity contribution in [2.75, 3.05) is 13.1 Å². The third-order valence-corrected chi connectivity index (χ3v) is 1.94. The van der Waals surface area contributed by atoms with Crippen LogP contribution in [-0.2, 0) is 0 Å². The predicted molar refractivity (Wildman–Crippen MR) is 39.3 cm³/mol. The minimum atomic E-state index is -0.243. The first kappa shape index (κ1) is 7.52. The van der Waals surface area contributed by atoms with Crippen molar-refractivity contribution in [2.45, 2.75) is 24.8 Å². The molecule has 0 aromatic rings. The Hall–Kier alpha value is -0.590. The summed E-state index contributed by atoms with van der Waals surface area (Å²) >= 11 is 0. The first-order valence-electron chi connectivity index (χ1n) is 3.63. The molecule has 1 saturated heterocycles. The van der Waals surface area contributed by atoms with E-state index in [-0.39, 0.29) is 5.54 Å². The van der Waals surface area contributed by atoms with Gasteiger partial charge in [-0.3, -0.25) is 0 Å². The van der Waals surface area contributed by atoms with Gasteiger partial charge in [0, 0.05) is 12.1 Å². The van der Waals surface area contributed by atoms with Crippen molar-refractivity contribution in [1.29, 1.82) is 5.26 Å². The Bertz CT molecular complexity index is 141. The van der Waals surface area contributed by atoms with Crippen molar-refractivity contribution in [2.24, 2.45) is 5.73 Å². The smallest absolute Gasteiger partial charge is 0.0641 e. The molecule has 0 aromatic carbocycles. The highest BCUT2D eigenvalue weighted by atomic mass is 15.0. The van der Waals surface area contributed by atoms with Crippen LogP contribution in [-0.4, -0.2) is 18.6 Å². The van der Waals surface area contributed by atoms with Crippen molar-refractivity contribution >= 4 is 0 Å². The van der Waals surface area contributed by atoms with Gasteiger partial charge >= 0.3 is 0 Å². The van der Waals surface area contributed by atoms with E-state index in [1.54, 1.807) is 0 Å². The fourth-order valence-corrected chi connectivity index (χ4v) is 1.30. The van der Waals surface area contributed by atoms with Gasteiger partial charge in [0.05, 0.1) is 12.5 Å². The van der Waals surface area contributed by atoms with Gasteiger partial charge in [0.1, 0.15) is 0 Å². The van der Waals surface area contributed by atoms with E-state index in [4.69, 9.17) is 11.0 Å². The molecule has 0 bridgehead atoms. The van der Waals surface area contributed by atoms with E-state index in [1.165, 1.54) is 0 Å². The number of piperidine rings is 1. The molecule has 1 heterocycles. The molecule has 1 rings (SSSR count). The van der Waals surface area contributed by atoms with Crippen molar-refractivity contribution in [3.05, 3.63) is 0 Å². The summed E-state index contributed by atoms with van der Waals surface area (Å²) in [4.78, 5) is 0. The Kier molecular flexibility index (Phi) is 2.25. The molecule has 0 amide bonds. The zero-order valence-electron chi connectivity index (χ0n) is 6.06. The zero-order chi connectivity index (χ0) is 7.45. The fourth-order valence-electron chi connectivity index (χ4n) is 1.30. The molecule has 0 saturated carbocycles. The molecule has 0 aliphatic carbocycles. The van der Waals surface area contributed by atoms with Gasteiger partial charge < -0.3 is 11.1 Å². The maximum Gasteiger partial charge on any atom is 0.0641 e. The molecular formula is C7H13N3. The number of nitrogens with two attached hydrogens (primary N) is 1. The Labute approximate surface area is 61.2 Å². The molecule has 0 radical (unpaired) electrons. The molecule has 1 aliphatic rings. The highest BCUT2D eigenvalue weighted by molar-refractivity contribution is 4.96. The summed E-state index contributed by atoms with van der Waals surface area (Å²) in [5.41, 5.74) is 5.64. The van der Waals surface area contributed by atoms with E-state index in [2.05, 4.69) is 11.4 Å². The first-order valence-corrected chi connectivity index (χ1v) is 3.63. The van der Waals surface area contributed by atoms with Gasteiger partial charge in [-0.2, -0.15) is 5.26 Å². The van der Waals surface area contributed by atoms with Gasteiger partial charge in [-0.15, -0.1) is 0 Å². The molecule has 0 spiro atoms. The van der Waals surface area contributed by atoms with Crippen LogP contribution in [0.2, 0.25) is 0 Å². The molecule has 56 valence electrons. The molecule has 3 N–H and O–H groups in total. The van der Waals surface area contributed by atoms with Crippen LogP contribution in [0.1, 0.15) is 19.3 Å². The summed E-state index contributed by atoms with van der Waals surface area (Å²) in [6.07, 6.45) is 2.55. The lowest BCUT2D eigenvalue weighted by molar-refractivity contribution is 0.320. The van der Waals surface area contributed by atoms with E-state index in [9.17, 15) is 0 Å². The Morgan fingerprint density at radius 2 is 2.50 bits per heavy atom. The number of nitrogens with zero attached hydrogens (tertiary/aromatic N) is 1. The van der Waals surface area contributed by atoms with Crippen LogP contribution in [0.3, 0.4) is 0 Å². The number of rotatable bonds is 1. The predicted octanol–water partition coefficient (Wildman–Crippen LogP) is -0.0190. The van der Waals surface area contributed by atoms with Gasteiger partial charge in [0.2, 0.25) is 0 Å². The van der Waals surface area contributed by atoms with Crippen LogP contribution in [0.4, 0.5) is 0 Å². The molecule has 1 unspecified atom stereocenters. The Morgan fingerprint density at radius 1 is 1.70 bits per heavy atom. The van der Waals surface area contributed by atoms with Crippen LogP contribution in [0.15, 0.2) is 0 Å². The van der Waals surface area contributed by atoms with E-state index in [0.717, 1.165) is 25.9 Å².